The maximum atomic E-state index is 14.5. The molecule has 8 atom stereocenters. The van der Waals surface area contributed by atoms with Gasteiger partial charge >= 0.3 is 6.03 Å². The van der Waals surface area contributed by atoms with Gasteiger partial charge in [0.1, 0.15) is 5.75 Å². The van der Waals surface area contributed by atoms with Crippen LogP contribution in [0.3, 0.4) is 0 Å². The fourth-order valence-electron chi connectivity index (χ4n) is 11.3. The molecular weight excluding hydrogens is 628 g/mol. The second kappa shape index (κ2) is 11.7. The van der Waals surface area contributed by atoms with E-state index >= 15 is 0 Å². The highest BCUT2D eigenvalue weighted by atomic mass is 16.5. The summed E-state index contributed by atoms with van der Waals surface area (Å²) in [7, 11) is 1.61. The minimum atomic E-state index is -1.20. The van der Waals surface area contributed by atoms with Crippen molar-refractivity contribution in [1.29, 1.82) is 0 Å². The monoisotopic (exact) mass is 676 g/mol. The molecule has 2 spiro atoms. The van der Waals surface area contributed by atoms with Crippen LogP contribution in [-0.2, 0) is 6.54 Å². The number of nitrogens with zero attached hydrogens (tertiary/aromatic N) is 1. The lowest BCUT2D eigenvalue weighted by molar-refractivity contribution is -0.174. The zero-order valence-corrected chi connectivity index (χ0v) is 29.2. The Kier molecular flexibility index (Phi) is 7.73. The molecule has 2 amide bonds. The molecule has 50 heavy (non-hydrogen) atoms. The first-order valence-electron chi connectivity index (χ1n) is 18.1. The molecule has 3 aromatic rings. The predicted octanol–water partition coefficient (Wildman–Crippen LogP) is 7.80. The maximum Gasteiger partial charge on any atom is 0.322 e. The Labute approximate surface area is 294 Å². The Bertz CT molecular complexity index is 1840. The number of hydrogen-bond acceptors (Lipinski definition) is 6. The maximum absolute atomic E-state index is 14.5. The summed E-state index contributed by atoms with van der Waals surface area (Å²) in [6.45, 7) is 5.07. The van der Waals surface area contributed by atoms with Crippen molar-refractivity contribution in [2.45, 2.75) is 77.0 Å². The topological polar surface area (TPSA) is 112 Å². The molecule has 6 aliphatic carbocycles. The molecule has 262 valence electrons. The van der Waals surface area contributed by atoms with Crippen LogP contribution < -0.4 is 10.1 Å². The lowest BCUT2D eigenvalue weighted by atomic mass is 9.32. The number of amides is 2. The Hall–Kier alpha value is -4.14. The van der Waals surface area contributed by atoms with Gasteiger partial charge in [0, 0.05) is 34.1 Å². The number of benzene rings is 2. The molecule has 3 saturated carbocycles. The first-order chi connectivity index (χ1) is 24.0. The summed E-state index contributed by atoms with van der Waals surface area (Å²) < 4.78 is 11.0. The summed E-state index contributed by atoms with van der Waals surface area (Å²) in [6.07, 6.45) is 13.0. The van der Waals surface area contributed by atoms with Crippen LogP contribution in [0, 0.1) is 33.5 Å². The number of rotatable bonds is 8. The van der Waals surface area contributed by atoms with Crippen LogP contribution in [0.15, 0.2) is 101 Å². The third-order valence-electron chi connectivity index (χ3n) is 14.0. The normalized spacial score (nSPS) is 36.5. The van der Waals surface area contributed by atoms with Gasteiger partial charge in [-0.3, -0.25) is 4.79 Å². The first-order valence-corrected chi connectivity index (χ1v) is 18.1. The largest absolute Gasteiger partial charge is 0.497 e. The van der Waals surface area contributed by atoms with Crippen molar-refractivity contribution in [3.63, 3.8) is 0 Å². The highest BCUT2D eigenvalue weighted by Gasteiger charge is 2.74. The quantitative estimate of drug-likeness (QED) is 0.166. The van der Waals surface area contributed by atoms with Crippen LogP contribution in [0.1, 0.15) is 74.9 Å². The van der Waals surface area contributed by atoms with Crippen molar-refractivity contribution in [2.24, 2.45) is 33.5 Å². The van der Waals surface area contributed by atoms with Gasteiger partial charge in [0.05, 0.1) is 31.6 Å². The Morgan fingerprint density at radius 3 is 2.36 bits per heavy atom. The van der Waals surface area contributed by atoms with Crippen LogP contribution in [0.25, 0.3) is 0 Å². The molecule has 6 aliphatic rings. The number of Topliss-reactive ketones (excluding diaryl/α,β-unsaturated/α-hetero) is 1. The summed E-state index contributed by atoms with van der Waals surface area (Å²) in [6, 6.07) is 20.3. The second-order valence-corrected chi connectivity index (χ2v) is 16.1. The SMILES string of the molecule is COc1ccc(NC(=O)N(Cc2ccccc2)CC2(O)CCC3C45C=CC6(C=C4C(=O)c4ccco4)CC(O)CCC6(C)C5CCC32C)cc1. The molecule has 3 N–H and O–H groups in total. The molecule has 2 aromatic carbocycles. The van der Waals surface area contributed by atoms with E-state index in [1.807, 2.05) is 54.6 Å². The fourth-order valence-corrected chi connectivity index (χ4v) is 11.3. The number of hydrogen-bond donors (Lipinski definition) is 3. The van der Waals surface area contributed by atoms with Crippen LogP contribution >= 0.6 is 0 Å². The number of methoxy groups -OCH3 is 1. The van der Waals surface area contributed by atoms with Crippen molar-refractivity contribution in [2.75, 3.05) is 19.0 Å². The van der Waals surface area contributed by atoms with Crippen LogP contribution in [0.5, 0.6) is 5.75 Å². The average Bonchev–Trinajstić information content (AvgIpc) is 3.75. The van der Waals surface area contributed by atoms with Crippen LogP contribution in [0.2, 0.25) is 0 Å². The van der Waals surface area contributed by atoms with Crippen molar-refractivity contribution < 1.29 is 29.0 Å². The van der Waals surface area contributed by atoms with E-state index in [0.717, 1.165) is 43.2 Å². The predicted molar refractivity (Wildman–Crippen MR) is 190 cm³/mol. The van der Waals surface area contributed by atoms with E-state index < -0.39 is 27.9 Å². The van der Waals surface area contributed by atoms with E-state index in [4.69, 9.17) is 9.15 Å². The number of carbonyl (C=O) groups excluding carboxylic acids is 2. The first kappa shape index (κ1) is 33.0. The molecule has 9 rings (SSSR count). The Morgan fingerprint density at radius 2 is 1.64 bits per heavy atom. The summed E-state index contributed by atoms with van der Waals surface area (Å²) >= 11 is 0. The number of ether oxygens (including phenoxy) is 1. The zero-order valence-electron chi connectivity index (χ0n) is 29.2. The summed E-state index contributed by atoms with van der Waals surface area (Å²) in [5.41, 5.74) is -0.564. The smallest absolute Gasteiger partial charge is 0.322 e. The lowest BCUT2D eigenvalue weighted by Crippen LogP contribution is -2.67. The second-order valence-electron chi connectivity index (χ2n) is 16.1. The number of ketones is 1. The van der Waals surface area contributed by atoms with Gasteiger partial charge < -0.3 is 29.6 Å². The third-order valence-corrected chi connectivity index (χ3v) is 14.0. The summed E-state index contributed by atoms with van der Waals surface area (Å²) in [4.78, 5) is 30.3. The standard InChI is InChI=1S/C42H48N2O6/c1-38-18-15-30(45)24-40(38)21-22-42(32(25-40)36(46)33-10-7-23-50-33)34(38)16-19-39(2)35(42)17-20-41(39,48)27-44(26-28-8-5-4-6-9-28)37(47)43-29-11-13-31(49-3)14-12-29/h4-14,21-23,25,30,34-35,45,48H,15-20,24,26-27H2,1-3H3,(H,43,47). The number of furan rings is 1. The molecule has 0 saturated heterocycles. The lowest BCUT2D eigenvalue weighted by Gasteiger charge is -2.71. The van der Waals surface area contributed by atoms with Crippen molar-refractivity contribution in [3.05, 3.63) is 108 Å². The van der Waals surface area contributed by atoms with Crippen LogP contribution in [-0.4, -0.2) is 52.3 Å². The van der Waals surface area contributed by atoms with Gasteiger partial charge in [0.2, 0.25) is 5.78 Å². The van der Waals surface area contributed by atoms with Crippen molar-refractivity contribution >= 4 is 17.5 Å². The summed E-state index contributed by atoms with van der Waals surface area (Å²) in [5.74, 6) is 1.06. The number of fused-ring (bicyclic) bond motifs is 1. The number of nitrogens with one attached hydrogen (secondary N) is 1. The van der Waals surface area contributed by atoms with E-state index in [-0.39, 0.29) is 35.6 Å². The van der Waals surface area contributed by atoms with E-state index in [2.05, 4.69) is 37.4 Å². The van der Waals surface area contributed by atoms with E-state index in [1.165, 1.54) is 0 Å². The number of carbonyl (C=O) groups is 2. The summed E-state index contributed by atoms with van der Waals surface area (Å²) in [5, 5.41) is 27.0. The van der Waals surface area contributed by atoms with Gasteiger partial charge in [0.25, 0.3) is 0 Å². The van der Waals surface area contributed by atoms with Gasteiger partial charge in [0.15, 0.2) is 5.76 Å². The van der Waals surface area contributed by atoms with Gasteiger partial charge in [-0.05, 0) is 104 Å². The molecule has 0 radical (unpaired) electrons. The van der Waals surface area contributed by atoms with Crippen molar-refractivity contribution in [1.82, 2.24) is 4.90 Å². The van der Waals surface area contributed by atoms with E-state index in [1.54, 1.807) is 30.4 Å². The average molecular weight is 677 g/mol. The molecule has 1 heterocycles. The Morgan fingerprint density at radius 1 is 0.920 bits per heavy atom. The van der Waals surface area contributed by atoms with Gasteiger partial charge in [-0.15, -0.1) is 0 Å². The number of anilines is 1. The number of allylic oxidation sites excluding steroid dienone is 4. The number of aliphatic hydroxyl groups is 2. The van der Waals surface area contributed by atoms with E-state index in [0.29, 0.717) is 36.6 Å². The fraction of sp³-hybridized carbons (Fsp3) is 0.476. The van der Waals surface area contributed by atoms with Crippen molar-refractivity contribution in [3.8, 4) is 5.75 Å². The van der Waals surface area contributed by atoms with Gasteiger partial charge in [-0.2, -0.15) is 0 Å². The highest BCUT2D eigenvalue weighted by molar-refractivity contribution is 6.08. The molecule has 1 aromatic heterocycles. The molecular formula is C42H48N2O6. The molecule has 8 unspecified atom stereocenters. The van der Waals surface area contributed by atoms with Gasteiger partial charge in [-0.1, -0.05) is 62.4 Å². The molecule has 2 bridgehead atoms. The minimum absolute atomic E-state index is 0.0367. The zero-order chi connectivity index (χ0) is 34.9. The minimum Gasteiger partial charge on any atom is -0.497 e. The third kappa shape index (κ3) is 4.70. The molecule has 8 nitrogen and oxygen atoms in total. The molecule has 3 fully saturated rings. The van der Waals surface area contributed by atoms with Gasteiger partial charge in [-0.25, -0.2) is 4.79 Å². The van der Waals surface area contributed by atoms with E-state index in [9.17, 15) is 19.8 Å². The number of urea groups is 1. The number of aliphatic hydroxyl groups excluding tert-OH is 1. The van der Waals surface area contributed by atoms with Crippen LogP contribution in [0.4, 0.5) is 10.5 Å². The molecule has 0 aliphatic heterocycles. The highest BCUT2D eigenvalue weighted by Crippen LogP contribution is 2.78. The Balaban J connectivity index is 1.17. The molecule has 8 heteroatoms.